The number of ether oxygens (including phenoxy) is 1. The summed E-state index contributed by atoms with van der Waals surface area (Å²) in [6.07, 6.45) is 0. The van der Waals surface area contributed by atoms with Crippen molar-refractivity contribution < 1.29 is 38.3 Å². The van der Waals surface area contributed by atoms with Crippen molar-refractivity contribution in [2.45, 2.75) is 25.9 Å². The van der Waals surface area contributed by atoms with Gasteiger partial charge >= 0.3 is 5.97 Å². The van der Waals surface area contributed by atoms with E-state index in [1.54, 1.807) is 0 Å². The number of nitrogens with one attached hydrogen (secondary N) is 5. The van der Waals surface area contributed by atoms with Gasteiger partial charge in [0.25, 0.3) is 0 Å². The first-order chi connectivity index (χ1) is 16.4. The van der Waals surface area contributed by atoms with Crippen molar-refractivity contribution in [3.63, 3.8) is 0 Å². The van der Waals surface area contributed by atoms with Gasteiger partial charge in [0, 0.05) is 25.4 Å². The molecular formula is C18H31N7O8S2. The summed E-state index contributed by atoms with van der Waals surface area (Å²) in [5, 5.41) is 11.6. The van der Waals surface area contributed by atoms with E-state index in [9.17, 15) is 33.6 Å². The summed E-state index contributed by atoms with van der Waals surface area (Å²) in [7, 11) is 0. The Morgan fingerprint density at radius 3 is 1.94 bits per heavy atom. The van der Waals surface area contributed by atoms with Crippen LogP contribution in [0.3, 0.4) is 0 Å². The van der Waals surface area contributed by atoms with Gasteiger partial charge in [0.05, 0.1) is 19.8 Å². The molecule has 0 fully saturated rings. The molecule has 0 spiro atoms. The van der Waals surface area contributed by atoms with Gasteiger partial charge in [0.1, 0.15) is 18.6 Å². The van der Waals surface area contributed by atoms with Crippen LogP contribution in [0.4, 0.5) is 0 Å². The number of thiol groups is 2. The normalized spacial score (nSPS) is 11.8. The van der Waals surface area contributed by atoms with E-state index in [-0.39, 0.29) is 24.7 Å². The molecule has 35 heavy (non-hydrogen) atoms. The SMILES string of the molecule is CC(=O)NCOC(=O)CN(CNC(C)=O)C(=O)[C@@H](CS)NC(=O)CNC(=O)[C@@H](CS)NC(=O)CN. The smallest absolute Gasteiger partial charge is 0.327 e. The van der Waals surface area contributed by atoms with Crippen LogP contribution in [0.1, 0.15) is 13.8 Å². The Bertz CT molecular complexity index is 799. The van der Waals surface area contributed by atoms with Gasteiger partial charge in [-0.3, -0.25) is 33.6 Å². The average molecular weight is 538 g/mol. The third-order valence-electron chi connectivity index (χ3n) is 3.96. The molecule has 0 aliphatic rings. The van der Waals surface area contributed by atoms with E-state index in [1.165, 1.54) is 13.8 Å². The largest absolute Gasteiger partial charge is 0.443 e. The molecule has 0 unspecified atom stereocenters. The maximum absolute atomic E-state index is 12.9. The van der Waals surface area contributed by atoms with Gasteiger partial charge in [-0.05, 0) is 0 Å². The summed E-state index contributed by atoms with van der Waals surface area (Å²) >= 11 is 8.00. The fourth-order valence-electron chi connectivity index (χ4n) is 2.23. The second kappa shape index (κ2) is 17.4. The van der Waals surface area contributed by atoms with Gasteiger partial charge in [0.15, 0.2) is 6.73 Å². The summed E-state index contributed by atoms with van der Waals surface area (Å²) < 4.78 is 4.79. The molecule has 198 valence electrons. The van der Waals surface area contributed by atoms with E-state index in [2.05, 4.69) is 51.8 Å². The standard InChI is InChI=1S/C18H31N7O8S2/c1-10(26)21-8-25(5-16(30)33-9-22-11(2)27)18(32)13(7-35)24-15(29)4-20-17(31)12(6-34)23-14(28)3-19/h12-13,34-35H,3-9,19H2,1-2H3,(H,20,31)(H,21,26)(H,22,27)(H,23,28)(H,24,29)/t12-,13-/m1/s1. The third kappa shape index (κ3) is 14.1. The Labute approximate surface area is 212 Å². The number of esters is 1. The lowest BCUT2D eigenvalue weighted by Gasteiger charge is -2.26. The number of carbonyl (C=O) groups excluding carboxylic acids is 7. The molecule has 0 heterocycles. The van der Waals surface area contributed by atoms with Gasteiger partial charge in [-0.15, -0.1) is 0 Å². The molecule has 0 aromatic heterocycles. The zero-order chi connectivity index (χ0) is 27.0. The number of rotatable bonds is 15. The fraction of sp³-hybridized carbons (Fsp3) is 0.611. The highest BCUT2D eigenvalue weighted by atomic mass is 32.1. The van der Waals surface area contributed by atoms with Crippen molar-refractivity contribution in [2.75, 3.05) is 44.5 Å². The third-order valence-corrected chi connectivity index (χ3v) is 4.69. The molecule has 2 atom stereocenters. The lowest BCUT2D eigenvalue weighted by Crippen LogP contribution is -2.56. The highest BCUT2D eigenvalue weighted by Crippen LogP contribution is 1.99. The molecule has 0 aromatic carbocycles. The van der Waals surface area contributed by atoms with Crippen molar-refractivity contribution in [2.24, 2.45) is 5.73 Å². The number of hydrogen-bond acceptors (Lipinski definition) is 11. The topological polar surface area (TPSA) is 218 Å². The van der Waals surface area contributed by atoms with Crippen molar-refractivity contribution in [1.82, 2.24) is 31.5 Å². The minimum atomic E-state index is -1.22. The number of amides is 6. The number of hydrogen-bond donors (Lipinski definition) is 8. The monoisotopic (exact) mass is 537 g/mol. The van der Waals surface area contributed by atoms with Gasteiger partial charge in [-0.25, -0.2) is 0 Å². The molecular weight excluding hydrogens is 506 g/mol. The highest BCUT2D eigenvalue weighted by molar-refractivity contribution is 7.80. The molecule has 17 heteroatoms. The minimum absolute atomic E-state index is 0.0485. The Morgan fingerprint density at radius 2 is 1.43 bits per heavy atom. The van der Waals surface area contributed by atoms with E-state index >= 15 is 0 Å². The minimum Gasteiger partial charge on any atom is -0.443 e. The predicted molar refractivity (Wildman–Crippen MR) is 129 cm³/mol. The maximum Gasteiger partial charge on any atom is 0.327 e. The second-order valence-electron chi connectivity index (χ2n) is 6.85. The first kappa shape index (κ1) is 31.9. The van der Waals surface area contributed by atoms with Crippen LogP contribution >= 0.6 is 25.3 Å². The Balaban J connectivity index is 5.05. The average Bonchev–Trinajstić information content (AvgIpc) is 2.80. The van der Waals surface area contributed by atoms with Crippen LogP contribution < -0.4 is 32.3 Å². The van der Waals surface area contributed by atoms with Crippen LogP contribution in [0.5, 0.6) is 0 Å². The van der Waals surface area contributed by atoms with Crippen molar-refractivity contribution in [1.29, 1.82) is 0 Å². The molecule has 0 saturated heterocycles. The summed E-state index contributed by atoms with van der Waals surface area (Å²) in [6.45, 7) is 0.166. The van der Waals surface area contributed by atoms with E-state index < -0.39 is 73.3 Å². The number of nitrogens with two attached hydrogens (primary N) is 1. The maximum atomic E-state index is 12.9. The molecule has 0 aliphatic heterocycles. The quantitative estimate of drug-likeness (QED) is 0.0572. The van der Waals surface area contributed by atoms with Crippen LogP contribution in [0.15, 0.2) is 0 Å². The van der Waals surface area contributed by atoms with E-state index in [4.69, 9.17) is 10.5 Å². The van der Waals surface area contributed by atoms with Gasteiger partial charge in [-0.2, -0.15) is 25.3 Å². The van der Waals surface area contributed by atoms with Crippen molar-refractivity contribution >= 4 is 66.7 Å². The molecule has 7 N–H and O–H groups in total. The summed E-state index contributed by atoms with van der Waals surface area (Å²) in [4.78, 5) is 83.6. The molecule has 0 radical (unpaired) electrons. The highest BCUT2D eigenvalue weighted by Gasteiger charge is 2.27. The summed E-state index contributed by atoms with van der Waals surface area (Å²) in [5.74, 6) is -4.84. The van der Waals surface area contributed by atoms with Crippen molar-refractivity contribution in [3.8, 4) is 0 Å². The fourth-order valence-corrected chi connectivity index (χ4v) is 2.73. The second-order valence-corrected chi connectivity index (χ2v) is 7.58. The first-order valence-electron chi connectivity index (χ1n) is 10.2. The first-order valence-corrected chi connectivity index (χ1v) is 11.4. The Morgan fingerprint density at radius 1 is 0.857 bits per heavy atom. The van der Waals surface area contributed by atoms with Crippen LogP contribution in [0, 0.1) is 0 Å². The zero-order valence-corrected chi connectivity index (χ0v) is 21.1. The molecule has 6 amide bonds. The number of nitrogens with zero attached hydrogens (tertiary/aromatic N) is 1. The molecule has 0 aliphatic carbocycles. The van der Waals surface area contributed by atoms with Gasteiger partial charge in [0.2, 0.25) is 35.4 Å². The van der Waals surface area contributed by atoms with Crippen LogP contribution in [-0.2, 0) is 38.3 Å². The summed E-state index contributed by atoms with van der Waals surface area (Å²) in [5.41, 5.74) is 5.18. The van der Waals surface area contributed by atoms with Crippen LogP contribution in [0.2, 0.25) is 0 Å². The van der Waals surface area contributed by atoms with Gasteiger partial charge in [-0.1, -0.05) is 0 Å². The van der Waals surface area contributed by atoms with E-state index in [1.807, 2.05) is 0 Å². The predicted octanol–water partition coefficient (Wildman–Crippen LogP) is -4.55. The lowest BCUT2D eigenvalue weighted by molar-refractivity contribution is -0.151. The number of carbonyl (C=O) groups is 7. The van der Waals surface area contributed by atoms with E-state index in [0.717, 1.165) is 4.90 Å². The van der Waals surface area contributed by atoms with Crippen LogP contribution in [-0.4, -0.2) is 103 Å². The zero-order valence-electron chi connectivity index (χ0n) is 19.3. The molecule has 15 nitrogen and oxygen atoms in total. The molecule has 0 bridgehead atoms. The van der Waals surface area contributed by atoms with Crippen LogP contribution in [0.25, 0.3) is 0 Å². The summed E-state index contributed by atoms with van der Waals surface area (Å²) in [6, 6.07) is -2.25. The molecule has 0 saturated carbocycles. The lowest BCUT2D eigenvalue weighted by atomic mass is 10.2. The van der Waals surface area contributed by atoms with Crippen molar-refractivity contribution in [3.05, 3.63) is 0 Å². The Hall–Kier alpha value is -3.05. The Kier molecular flexibility index (Phi) is 15.9. The van der Waals surface area contributed by atoms with Gasteiger partial charge < -0.3 is 42.0 Å². The molecule has 0 rings (SSSR count). The molecule has 0 aromatic rings. The van der Waals surface area contributed by atoms with E-state index in [0.29, 0.717) is 0 Å².